The highest BCUT2D eigenvalue weighted by atomic mass is 16.5. The van der Waals surface area contributed by atoms with Crippen molar-refractivity contribution in [2.75, 3.05) is 11.9 Å². The summed E-state index contributed by atoms with van der Waals surface area (Å²) in [4.78, 5) is 14.7. The molecular weight excluding hydrogens is 346 g/mol. The van der Waals surface area contributed by atoms with Crippen LogP contribution < -0.4 is 4.90 Å². The number of rotatable bonds is 13. The summed E-state index contributed by atoms with van der Waals surface area (Å²) in [6.07, 6.45) is 16.5. The summed E-state index contributed by atoms with van der Waals surface area (Å²) in [5.41, 5.74) is 1.20. The Morgan fingerprint density at radius 1 is 0.929 bits per heavy atom. The van der Waals surface area contributed by atoms with Gasteiger partial charge in [0.15, 0.2) is 0 Å². The average molecular weight is 388 g/mol. The number of unbranched alkanes of at least 4 members (excludes halogenated alkanes) is 8. The number of carbonyl (C=O) groups excluding carboxylic acids is 1. The Balaban J connectivity index is 1.65. The third-order valence-electron chi connectivity index (χ3n) is 6.10. The lowest BCUT2D eigenvalue weighted by molar-refractivity contribution is -0.151. The van der Waals surface area contributed by atoms with Gasteiger partial charge in [0, 0.05) is 19.2 Å². The van der Waals surface area contributed by atoms with Gasteiger partial charge in [0.25, 0.3) is 0 Å². The van der Waals surface area contributed by atoms with Crippen molar-refractivity contribution in [1.82, 2.24) is 0 Å². The maximum absolute atomic E-state index is 12.4. The first-order valence-corrected chi connectivity index (χ1v) is 11.7. The fourth-order valence-corrected chi connectivity index (χ4v) is 4.32. The Labute approximate surface area is 172 Å². The van der Waals surface area contributed by atoms with Crippen molar-refractivity contribution < 1.29 is 9.53 Å². The zero-order valence-electron chi connectivity index (χ0n) is 18.2. The summed E-state index contributed by atoms with van der Waals surface area (Å²) >= 11 is 0. The zero-order chi connectivity index (χ0) is 20.0. The highest BCUT2D eigenvalue weighted by Crippen LogP contribution is 2.28. The second kappa shape index (κ2) is 13.6. The molecule has 0 aromatic heterocycles. The highest BCUT2D eigenvalue weighted by molar-refractivity contribution is 5.69. The van der Waals surface area contributed by atoms with E-state index in [1.807, 2.05) is 6.07 Å². The first-order valence-electron chi connectivity index (χ1n) is 11.7. The van der Waals surface area contributed by atoms with E-state index in [1.54, 1.807) is 0 Å². The van der Waals surface area contributed by atoms with Crippen molar-refractivity contribution >= 4 is 11.7 Å². The molecule has 0 N–H and O–H groups in total. The van der Waals surface area contributed by atoms with Crippen molar-refractivity contribution in [3.8, 4) is 0 Å². The van der Waals surface area contributed by atoms with Gasteiger partial charge in [-0.2, -0.15) is 0 Å². The van der Waals surface area contributed by atoms with Gasteiger partial charge >= 0.3 is 5.97 Å². The van der Waals surface area contributed by atoms with Crippen LogP contribution in [0, 0.1) is 0 Å². The van der Waals surface area contributed by atoms with Crippen LogP contribution >= 0.6 is 0 Å². The maximum atomic E-state index is 12.4. The molecule has 28 heavy (non-hydrogen) atoms. The number of hydrogen-bond acceptors (Lipinski definition) is 3. The van der Waals surface area contributed by atoms with Crippen molar-refractivity contribution in [2.24, 2.45) is 0 Å². The van der Waals surface area contributed by atoms with Crippen LogP contribution in [0.2, 0.25) is 0 Å². The fourth-order valence-electron chi connectivity index (χ4n) is 4.32. The molecule has 1 fully saturated rings. The molecule has 0 radical (unpaired) electrons. The molecule has 0 unspecified atom stereocenters. The molecule has 158 valence electrons. The van der Waals surface area contributed by atoms with Crippen molar-refractivity contribution in [1.29, 1.82) is 0 Å². The predicted molar refractivity (Wildman–Crippen MR) is 119 cm³/mol. The molecule has 0 spiro atoms. The standard InChI is InChI=1S/C25H41NO2/c1-3-4-5-6-7-8-9-10-14-21-25(27)28-24-20-16-15-19-23(24)26(2)22-17-12-11-13-18-22/h11-13,17-18,23-24H,3-10,14-16,19-21H2,1-2H3/t23-,24-/m1/s1. The molecule has 1 aromatic carbocycles. The monoisotopic (exact) mass is 387 g/mol. The third kappa shape index (κ3) is 8.24. The number of nitrogens with zero attached hydrogens (tertiary/aromatic N) is 1. The van der Waals surface area contributed by atoms with Gasteiger partial charge in [-0.15, -0.1) is 0 Å². The summed E-state index contributed by atoms with van der Waals surface area (Å²) in [5.74, 6) is 0.00121. The van der Waals surface area contributed by atoms with Gasteiger partial charge < -0.3 is 9.64 Å². The zero-order valence-corrected chi connectivity index (χ0v) is 18.2. The van der Waals surface area contributed by atoms with E-state index in [0.717, 1.165) is 32.1 Å². The van der Waals surface area contributed by atoms with Crippen LogP contribution in [-0.2, 0) is 9.53 Å². The Hall–Kier alpha value is -1.51. The molecule has 1 aliphatic carbocycles. The second-order valence-electron chi connectivity index (χ2n) is 8.40. The van der Waals surface area contributed by atoms with E-state index in [4.69, 9.17) is 4.74 Å². The molecule has 0 heterocycles. The lowest BCUT2D eigenvalue weighted by atomic mass is 9.91. The van der Waals surface area contributed by atoms with E-state index >= 15 is 0 Å². The first-order chi connectivity index (χ1) is 13.7. The maximum Gasteiger partial charge on any atom is 0.306 e. The van der Waals surface area contributed by atoms with E-state index < -0.39 is 0 Å². The van der Waals surface area contributed by atoms with Gasteiger partial charge in [-0.25, -0.2) is 0 Å². The number of ether oxygens (including phenoxy) is 1. The number of para-hydroxylation sites is 1. The van der Waals surface area contributed by atoms with Gasteiger partial charge in [0.05, 0.1) is 6.04 Å². The van der Waals surface area contributed by atoms with Crippen LogP contribution in [0.4, 0.5) is 5.69 Å². The van der Waals surface area contributed by atoms with Gasteiger partial charge in [0.2, 0.25) is 0 Å². The number of carbonyl (C=O) groups is 1. The molecule has 1 saturated carbocycles. The average Bonchev–Trinajstić information content (AvgIpc) is 2.73. The summed E-state index contributed by atoms with van der Waals surface area (Å²) in [7, 11) is 2.13. The Bertz CT molecular complexity index is 531. The van der Waals surface area contributed by atoms with E-state index in [2.05, 4.69) is 43.1 Å². The van der Waals surface area contributed by atoms with Gasteiger partial charge in [-0.05, 0) is 37.8 Å². The van der Waals surface area contributed by atoms with Gasteiger partial charge in [0.1, 0.15) is 6.10 Å². The molecular formula is C25H41NO2. The molecule has 0 amide bonds. The van der Waals surface area contributed by atoms with E-state index in [-0.39, 0.29) is 12.1 Å². The first kappa shape index (κ1) is 22.8. The van der Waals surface area contributed by atoms with Crippen LogP contribution in [0.5, 0.6) is 0 Å². The molecule has 3 heteroatoms. The summed E-state index contributed by atoms with van der Waals surface area (Å²) in [6.45, 7) is 2.26. The minimum absolute atomic E-state index is 0.00121. The molecule has 0 saturated heterocycles. The van der Waals surface area contributed by atoms with E-state index in [9.17, 15) is 4.79 Å². The van der Waals surface area contributed by atoms with Crippen LogP contribution in [0.15, 0.2) is 30.3 Å². The lowest BCUT2D eigenvalue weighted by Gasteiger charge is -2.38. The molecule has 2 rings (SSSR count). The molecule has 0 bridgehead atoms. The van der Waals surface area contributed by atoms with Crippen molar-refractivity contribution in [2.45, 2.75) is 109 Å². The van der Waals surface area contributed by atoms with E-state index in [0.29, 0.717) is 12.5 Å². The SMILES string of the molecule is CCCCCCCCCCCC(=O)O[C@@H]1CCCC[C@H]1N(C)c1ccccc1. The number of hydrogen-bond donors (Lipinski definition) is 0. The van der Waals surface area contributed by atoms with Crippen molar-refractivity contribution in [3.05, 3.63) is 30.3 Å². The fraction of sp³-hybridized carbons (Fsp3) is 0.720. The quantitative estimate of drug-likeness (QED) is 0.272. The van der Waals surface area contributed by atoms with Crippen LogP contribution in [-0.4, -0.2) is 25.2 Å². The number of esters is 1. The summed E-state index contributed by atoms with van der Waals surface area (Å²) < 4.78 is 5.94. The Morgan fingerprint density at radius 3 is 2.21 bits per heavy atom. The van der Waals surface area contributed by atoms with Gasteiger partial charge in [-0.1, -0.05) is 82.9 Å². The predicted octanol–water partition coefficient (Wildman–Crippen LogP) is 6.90. The molecule has 1 aliphatic rings. The minimum atomic E-state index is 0.00121. The highest BCUT2D eigenvalue weighted by Gasteiger charge is 2.31. The number of likely N-dealkylation sites (N-methyl/N-ethyl adjacent to an activating group) is 1. The van der Waals surface area contributed by atoms with E-state index in [1.165, 1.54) is 57.1 Å². The largest absolute Gasteiger partial charge is 0.460 e. The summed E-state index contributed by atoms with van der Waals surface area (Å²) in [6, 6.07) is 10.7. The topological polar surface area (TPSA) is 29.5 Å². The Kier molecular flexibility index (Phi) is 11.1. The van der Waals surface area contributed by atoms with Crippen LogP contribution in [0.25, 0.3) is 0 Å². The molecule has 3 nitrogen and oxygen atoms in total. The second-order valence-corrected chi connectivity index (χ2v) is 8.40. The van der Waals surface area contributed by atoms with Crippen molar-refractivity contribution in [3.63, 3.8) is 0 Å². The molecule has 2 atom stereocenters. The lowest BCUT2D eigenvalue weighted by Crippen LogP contribution is -2.45. The summed E-state index contributed by atoms with van der Waals surface area (Å²) in [5, 5.41) is 0. The smallest absolute Gasteiger partial charge is 0.306 e. The minimum Gasteiger partial charge on any atom is -0.460 e. The number of benzene rings is 1. The van der Waals surface area contributed by atoms with Crippen LogP contribution in [0.1, 0.15) is 96.8 Å². The molecule has 0 aliphatic heterocycles. The third-order valence-corrected chi connectivity index (χ3v) is 6.10. The Morgan fingerprint density at radius 2 is 1.54 bits per heavy atom. The van der Waals surface area contributed by atoms with Crippen LogP contribution in [0.3, 0.4) is 0 Å². The number of anilines is 1. The normalized spacial score (nSPS) is 19.4. The van der Waals surface area contributed by atoms with Gasteiger partial charge in [-0.3, -0.25) is 4.79 Å². The molecule has 1 aromatic rings.